The lowest BCUT2D eigenvalue weighted by Crippen LogP contribution is -2.57. The second kappa shape index (κ2) is 7.83. The van der Waals surface area contributed by atoms with E-state index in [0.717, 1.165) is 0 Å². The molecule has 2 heterocycles. The highest BCUT2D eigenvalue weighted by Crippen LogP contribution is 2.25. The number of alkyl halides is 3. The standard InChI is InChI=1S/C16H19F3N6O/c17-16(18,19)14(24-6-4-20-5-7-24)9-22-15(26)12-2-1-3-13(8-12)25-11-21-10-23-25/h1-3,8,10-11,14,20H,4-7,9H2,(H,22,26). The lowest BCUT2D eigenvalue weighted by molar-refractivity contribution is -0.183. The van der Waals surface area contributed by atoms with E-state index in [0.29, 0.717) is 31.9 Å². The van der Waals surface area contributed by atoms with Crippen molar-refractivity contribution < 1.29 is 18.0 Å². The maximum absolute atomic E-state index is 13.4. The number of hydrogen-bond donors (Lipinski definition) is 2. The van der Waals surface area contributed by atoms with Crippen molar-refractivity contribution >= 4 is 5.91 Å². The van der Waals surface area contributed by atoms with Crippen molar-refractivity contribution in [3.05, 3.63) is 42.5 Å². The molecule has 1 saturated heterocycles. The van der Waals surface area contributed by atoms with Gasteiger partial charge in [-0.25, -0.2) is 9.67 Å². The van der Waals surface area contributed by atoms with Crippen LogP contribution in [0.1, 0.15) is 10.4 Å². The quantitative estimate of drug-likeness (QED) is 0.818. The van der Waals surface area contributed by atoms with E-state index in [-0.39, 0.29) is 5.56 Å². The maximum Gasteiger partial charge on any atom is 0.405 e. The van der Waals surface area contributed by atoms with Crippen molar-refractivity contribution in [2.45, 2.75) is 12.2 Å². The van der Waals surface area contributed by atoms with Crippen molar-refractivity contribution in [1.29, 1.82) is 0 Å². The summed E-state index contributed by atoms with van der Waals surface area (Å²) in [5, 5.41) is 9.40. The van der Waals surface area contributed by atoms with Gasteiger partial charge in [0.25, 0.3) is 5.91 Å². The fraction of sp³-hybridized carbons (Fsp3) is 0.438. The summed E-state index contributed by atoms with van der Waals surface area (Å²) in [5.74, 6) is -0.559. The molecule has 1 aromatic carbocycles. The Bertz CT molecular complexity index is 728. The Morgan fingerprint density at radius 2 is 2.08 bits per heavy atom. The first-order valence-electron chi connectivity index (χ1n) is 8.20. The minimum absolute atomic E-state index is 0.263. The number of aromatic nitrogens is 3. The third-order valence-electron chi connectivity index (χ3n) is 4.22. The lowest BCUT2D eigenvalue weighted by Gasteiger charge is -2.35. The molecule has 1 fully saturated rings. The van der Waals surface area contributed by atoms with Crippen LogP contribution in [0.3, 0.4) is 0 Å². The topological polar surface area (TPSA) is 75.1 Å². The number of carbonyl (C=O) groups excluding carboxylic acids is 1. The Morgan fingerprint density at radius 3 is 2.73 bits per heavy atom. The van der Waals surface area contributed by atoms with Crippen LogP contribution in [0, 0.1) is 0 Å². The van der Waals surface area contributed by atoms with Crippen LogP contribution < -0.4 is 10.6 Å². The van der Waals surface area contributed by atoms with Crippen LogP contribution in [0.25, 0.3) is 5.69 Å². The molecule has 1 aromatic heterocycles. The minimum atomic E-state index is -4.41. The minimum Gasteiger partial charge on any atom is -0.350 e. The predicted molar refractivity (Wildman–Crippen MR) is 88.0 cm³/mol. The van der Waals surface area contributed by atoms with Crippen molar-refractivity contribution in [3.63, 3.8) is 0 Å². The number of carbonyl (C=O) groups is 1. The molecule has 0 bridgehead atoms. The van der Waals surface area contributed by atoms with Crippen molar-refractivity contribution in [2.24, 2.45) is 0 Å². The molecule has 10 heteroatoms. The summed E-state index contributed by atoms with van der Waals surface area (Å²) in [7, 11) is 0. The van der Waals surface area contributed by atoms with Gasteiger partial charge >= 0.3 is 6.18 Å². The van der Waals surface area contributed by atoms with E-state index in [1.54, 1.807) is 24.3 Å². The summed E-state index contributed by atoms with van der Waals surface area (Å²) in [6, 6.07) is 4.77. The van der Waals surface area contributed by atoms with E-state index in [2.05, 4.69) is 20.7 Å². The van der Waals surface area contributed by atoms with Gasteiger partial charge in [-0.1, -0.05) is 6.07 Å². The summed E-state index contributed by atoms with van der Waals surface area (Å²) < 4.78 is 41.6. The van der Waals surface area contributed by atoms with Crippen LogP contribution in [0.4, 0.5) is 13.2 Å². The van der Waals surface area contributed by atoms with E-state index in [1.165, 1.54) is 22.2 Å². The van der Waals surface area contributed by atoms with E-state index in [1.807, 2.05) is 0 Å². The number of halogens is 3. The zero-order valence-corrected chi connectivity index (χ0v) is 13.9. The maximum atomic E-state index is 13.4. The average Bonchev–Trinajstić information content (AvgIpc) is 3.16. The highest BCUT2D eigenvalue weighted by molar-refractivity contribution is 5.94. The molecule has 7 nitrogen and oxygen atoms in total. The number of benzene rings is 1. The first-order chi connectivity index (χ1) is 12.4. The van der Waals surface area contributed by atoms with Crippen LogP contribution in [0.15, 0.2) is 36.9 Å². The van der Waals surface area contributed by atoms with E-state index in [4.69, 9.17) is 0 Å². The van der Waals surface area contributed by atoms with Gasteiger partial charge in [-0.2, -0.15) is 18.3 Å². The van der Waals surface area contributed by atoms with Gasteiger partial charge in [0.15, 0.2) is 0 Å². The molecular weight excluding hydrogens is 349 g/mol. The molecule has 1 unspecified atom stereocenters. The van der Waals surface area contributed by atoms with Gasteiger partial charge in [0.2, 0.25) is 0 Å². The van der Waals surface area contributed by atoms with E-state index in [9.17, 15) is 18.0 Å². The molecule has 1 atom stereocenters. The van der Waals surface area contributed by atoms with Gasteiger partial charge in [0, 0.05) is 38.3 Å². The van der Waals surface area contributed by atoms with Crippen LogP contribution in [-0.2, 0) is 0 Å². The Hall–Kier alpha value is -2.46. The van der Waals surface area contributed by atoms with Gasteiger partial charge in [-0.15, -0.1) is 0 Å². The monoisotopic (exact) mass is 368 g/mol. The molecule has 0 spiro atoms. The highest BCUT2D eigenvalue weighted by atomic mass is 19.4. The molecular formula is C16H19F3N6O. The van der Waals surface area contributed by atoms with Crippen molar-refractivity contribution in [2.75, 3.05) is 32.7 Å². The highest BCUT2D eigenvalue weighted by Gasteiger charge is 2.43. The largest absolute Gasteiger partial charge is 0.405 e. The van der Waals surface area contributed by atoms with Crippen molar-refractivity contribution in [3.8, 4) is 5.69 Å². The molecule has 2 aromatic rings. The third-order valence-corrected chi connectivity index (χ3v) is 4.22. The second-order valence-corrected chi connectivity index (χ2v) is 5.94. The number of piperazine rings is 1. The Balaban J connectivity index is 1.67. The van der Waals surface area contributed by atoms with Gasteiger partial charge < -0.3 is 10.6 Å². The first-order valence-corrected chi connectivity index (χ1v) is 8.20. The van der Waals surface area contributed by atoms with Crippen LogP contribution >= 0.6 is 0 Å². The first kappa shape index (κ1) is 18.3. The molecule has 0 aliphatic carbocycles. The third kappa shape index (κ3) is 4.38. The molecule has 1 aliphatic rings. The number of amides is 1. The average molecular weight is 368 g/mol. The SMILES string of the molecule is O=C(NCC(N1CCNCC1)C(F)(F)F)c1cccc(-n2cncn2)c1. The smallest absolute Gasteiger partial charge is 0.350 e. The molecule has 1 aliphatic heterocycles. The molecule has 3 rings (SSSR count). The Morgan fingerprint density at radius 1 is 1.31 bits per heavy atom. The molecule has 2 N–H and O–H groups in total. The van der Waals surface area contributed by atoms with Gasteiger partial charge in [-0.05, 0) is 18.2 Å². The number of nitrogens with one attached hydrogen (secondary N) is 2. The molecule has 26 heavy (non-hydrogen) atoms. The van der Waals surface area contributed by atoms with Crippen molar-refractivity contribution in [1.82, 2.24) is 30.3 Å². The van der Waals surface area contributed by atoms with Crippen LogP contribution in [0.5, 0.6) is 0 Å². The number of hydrogen-bond acceptors (Lipinski definition) is 5. The fourth-order valence-corrected chi connectivity index (χ4v) is 2.87. The Labute approximate surface area is 148 Å². The van der Waals surface area contributed by atoms with Crippen LogP contribution in [-0.4, -0.2) is 70.5 Å². The zero-order chi connectivity index (χ0) is 18.6. The Kier molecular flexibility index (Phi) is 5.52. The second-order valence-electron chi connectivity index (χ2n) is 5.94. The molecule has 0 radical (unpaired) electrons. The summed E-state index contributed by atoms with van der Waals surface area (Å²) >= 11 is 0. The fourth-order valence-electron chi connectivity index (χ4n) is 2.87. The van der Waals surface area contributed by atoms with Gasteiger partial charge in [-0.3, -0.25) is 9.69 Å². The summed E-state index contributed by atoms with van der Waals surface area (Å²) in [6.45, 7) is 1.10. The molecule has 0 saturated carbocycles. The molecule has 1 amide bonds. The van der Waals surface area contributed by atoms with E-state index < -0.39 is 24.7 Å². The van der Waals surface area contributed by atoms with Crippen LogP contribution in [0.2, 0.25) is 0 Å². The number of rotatable bonds is 5. The predicted octanol–water partition coefficient (Wildman–Crippen LogP) is 0.833. The summed E-state index contributed by atoms with van der Waals surface area (Å²) in [6.07, 6.45) is -1.58. The number of nitrogens with zero attached hydrogens (tertiary/aromatic N) is 4. The normalized spacial score (nSPS) is 17.0. The molecule has 140 valence electrons. The lowest BCUT2D eigenvalue weighted by atomic mass is 10.1. The zero-order valence-electron chi connectivity index (χ0n) is 13.9. The van der Waals surface area contributed by atoms with Gasteiger partial charge in [0.05, 0.1) is 5.69 Å². The van der Waals surface area contributed by atoms with E-state index >= 15 is 0 Å². The summed E-state index contributed by atoms with van der Waals surface area (Å²) in [5.41, 5.74) is 0.865. The summed E-state index contributed by atoms with van der Waals surface area (Å²) in [4.78, 5) is 17.5. The van der Waals surface area contributed by atoms with Gasteiger partial charge in [0.1, 0.15) is 18.7 Å².